The minimum absolute atomic E-state index is 0.394. The molecule has 0 fully saturated rings. The van der Waals surface area contributed by atoms with Crippen molar-refractivity contribution >= 4 is 44.8 Å². The third-order valence-electron chi connectivity index (χ3n) is 5.12. The molecule has 0 aliphatic heterocycles. The van der Waals surface area contributed by atoms with Gasteiger partial charge in [-0.3, -0.25) is 4.68 Å². The van der Waals surface area contributed by atoms with E-state index in [1.165, 1.54) is 5.56 Å². The van der Waals surface area contributed by atoms with Crippen LogP contribution in [-0.4, -0.2) is 58.3 Å². The number of carbonyl (C=O) groups excluding carboxylic acids is 1. The van der Waals surface area contributed by atoms with Gasteiger partial charge in [0, 0.05) is 24.6 Å². The summed E-state index contributed by atoms with van der Waals surface area (Å²) in [7, 11) is 0. The normalized spacial score (nSPS) is 11.6. The number of aromatic nitrogens is 7. The Morgan fingerprint density at radius 3 is 2.69 bits per heavy atom. The predicted molar refractivity (Wildman–Crippen MR) is 141 cm³/mol. The predicted octanol–water partition coefficient (Wildman–Crippen LogP) is 4.39. The van der Waals surface area contributed by atoms with Gasteiger partial charge in [0.1, 0.15) is 5.60 Å². The van der Waals surface area contributed by atoms with Gasteiger partial charge in [-0.1, -0.05) is 33.3 Å². The fourth-order valence-corrected chi connectivity index (χ4v) is 3.92. The zero-order valence-electron chi connectivity index (χ0n) is 20.6. The molecule has 3 heterocycles. The van der Waals surface area contributed by atoms with Gasteiger partial charge >= 0.3 is 6.09 Å². The summed E-state index contributed by atoms with van der Waals surface area (Å²) in [6.45, 7) is 6.81. The lowest BCUT2D eigenvalue weighted by Gasteiger charge is -2.19. The Bertz CT molecular complexity index is 1300. The lowest BCUT2D eigenvalue weighted by molar-refractivity contribution is 0.0527. The fourth-order valence-electron chi connectivity index (χ4n) is 3.46. The number of benzene rings is 1. The van der Waals surface area contributed by atoms with Crippen LogP contribution in [0.5, 0.6) is 0 Å². The summed E-state index contributed by atoms with van der Waals surface area (Å²) >= 11 is 3.47. The van der Waals surface area contributed by atoms with Crippen LogP contribution in [0.2, 0.25) is 0 Å². The van der Waals surface area contributed by atoms with Crippen LogP contribution in [0.3, 0.4) is 0 Å². The first kappa shape index (κ1) is 25.5. The molecule has 2 N–H and O–H groups in total. The Morgan fingerprint density at radius 2 is 1.94 bits per heavy atom. The highest BCUT2D eigenvalue weighted by molar-refractivity contribution is 9.09. The molecule has 12 heteroatoms. The molecule has 1 aromatic carbocycles. The maximum absolute atomic E-state index is 11.7. The second kappa shape index (κ2) is 11.5. The zero-order chi connectivity index (χ0) is 25.5. The van der Waals surface area contributed by atoms with E-state index in [4.69, 9.17) is 4.74 Å². The first-order valence-electron chi connectivity index (χ1n) is 11.8. The molecular formula is C24H30BrN9O2. The maximum atomic E-state index is 11.7. The lowest BCUT2D eigenvalue weighted by Crippen LogP contribution is -2.33. The summed E-state index contributed by atoms with van der Waals surface area (Å²) in [6, 6.07) is 8.14. The molecule has 3 aromatic heterocycles. The van der Waals surface area contributed by atoms with E-state index in [9.17, 15) is 4.79 Å². The van der Waals surface area contributed by atoms with Crippen molar-refractivity contribution in [2.45, 2.75) is 52.2 Å². The number of rotatable bonds is 10. The number of alkyl carbamates (subject to hydrolysis) is 1. The summed E-state index contributed by atoms with van der Waals surface area (Å²) in [6.07, 6.45) is 7.52. The monoisotopic (exact) mass is 555 g/mol. The van der Waals surface area contributed by atoms with Crippen molar-refractivity contribution in [1.82, 2.24) is 40.1 Å². The van der Waals surface area contributed by atoms with Crippen molar-refractivity contribution in [3.63, 3.8) is 0 Å². The van der Waals surface area contributed by atoms with E-state index < -0.39 is 11.7 Å². The van der Waals surface area contributed by atoms with E-state index in [1.54, 1.807) is 17.1 Å². The minimum atomic E-state index is -0.494. The van der Waals surface area contributed by atoms with Crippen molar-refractivity contribution in [3.05, 3.63) is 48.4 Å². The van der Waals surface area contributed by atoms with E-state index >= 15 is 0 Å². The number of amides is 1. The minimum Gasteiger partial charge on any atom is -0.444 e. The first-order valence-corrected chi connectivity index (χ1v) is 12.9. The van der Waals surface area contributed by atoms with Gasteiger partial charge in [-0.2, -0.15) is 9.78 Å². The number of carbonyl (C=O) groups is 1. The van der Waals surface area contributed by atoms with Crippen LogP contribution in [0.25, 0.3) is 17.0 Å². The molecule has 0 saturated carbocycles. The number of alkyl halides is 1. The number of hydrogen-bond donors (Lipinski definition) is 2. The number of anilines is 2. The number of hydrogen-bond acceptors (Lipinski definition) is 8. The van der Waals surface area contributed by atoms with Gasteiger partial charge < -0.3 is 15.4 Å². The van der Waals surface area contributed by atoms with Crippen LogP contribution in [0, 0.1) is 0 Å². The summed E-state index contributed by atoms with van der Waals surface area (Å²) in [4.78, 5) is 20.7. The van der Waals surface area contributed by atoms with Gasteiger partial charge in [0.2, 0.25) is 11.3 Å². The number of fused-ring (bicyclic) bond motifs is 1. The van der Waals surface area contributed by atoms with Crippen LogP contribution in [0.4, 0.5) is 16.3 Å². The molecule has 11 nitrogen and oxygen atoms in total. The van der Waals surface area contributed by atoms with E-state index in [2.05, 4.69) is 64.1 Å². The highest BCUT2D eigenvalue weighted by Crippen LogP contribution is 2.19. The van der Waals surface area contributed by atoms with Gasteiger partial charge in [0.25, 0.3) is 0 Å². The summed E-state index contributed by atoms with van der Waals surface area (Å²) in [5.41, 5.74) is 3.46. The van der Waals surface area contributed by atoms with E-state index in [0.717, 1.165) is 42.5 Å². The molecule has 0 radical (unpaired) electrons. The number of halogens is 1. The number of nitrogens with one attached hydrogen (secondary N) is 2. The molecule has 0 unspecified atom stereocenters. The van der Waals surface area contributed by atoms with Gasteiger partial charge in [0.15, 0.2) is 5.82 Å². The molecule has 190 valence electrons. The molecule has 0 saturated heterocycles. The molecule has 0 spiro atoms. The van der Waals surface area contributed by atoms with Crippen molar-refractivity contribution < 1.29 is 9.53 Å². The average molecular weight is 556 g/mol. The third-order valence-corrected chi connectivity index (χ3v) is 5.51. The Kier molecular flexibility index (Phi) is 8.14. The molecule has 4 rings (SSSR count). The zero-order valence-corrected chi connectivity index (χ0v) is 22.2. The topological polar surface area (TPSA) is 125 Å². The summed E-state index contributed by atoms with van der Waals surface area (Å²) < 4.78 is 8.76. The van der Waals surface area contributed by atoms with Crippen LogP contribution < -0.4 is 10.6 Å². The largest absolute Gasteiger partial charge is 0.444 e. The molecule has 0 bridgehead atoms. The number of aryl methyl sites for hydroxylation is 2. The fraction of sp³-hybridized carbons (Fsp3) is 0.417. The van der Waals surface area contributed by atoms with Crippen molar-refractivity contribution in [1.29, 1.82) is 0 Å². The second-order valence-corrected chi connectivity index (χ2v) is 10.1. The highest BCUT2D eigenvalue weighted by atomic mass is 79.9. The van der Waals surface area contributed by atoms with Gasteiger partial charge in [-0.05, 0) is 57.7 Å². The van der Waals surface area contributed by atoms with E-state index in [-0.39, 0.29) is 0 Å². The van der Waals surface area contributed by atoms with Crippen LogP contribution in [0.1, 0.15) is 39.2 Å². The number of nitrogens with zero attached hydrogens (tertiary/aromatic N) is 7. The van der Waals surface area contributed by atoms with Crippen molar-refractivity contribution in [3.8, 4) is 5.69 Å². The second-order valence-electron chi connectivity index (χ2n) is 9.26. The molecule has 4 aromatic rings. The summed E-state index contributed by atoms with van der Waals surface area (Å²) in [5, 5.41) is 19.7. The van der Waals surface area contributed by atoms with Gasteiger partial charge in [0.05, 0.1) is 23.8 Å². The van der Waals surface area contributed by atoms with Crippen molar-refractivity contribution in [2.24, 2.45) is 0 Å². The molecule has 0 aliphatic rings. The molecule has 0 aliphatic carbocycles. The van der Waals surface area contributed by atoms with Crippen molar-refractivity contribution in [2.75, 3.05) is 17.2 Å². The standard InChI is InChI=1S/C24H30BrN9O2/c1-24(2,3)36-23(35)26-12-4-5-13-33-16-18(14-28-33)29-20-15-27-21-22(30-20)34(32-31-21)19-8-6-17(7-9-19)10-11-25/h6-9,14-16H,4-5,10-13H2,1-3H3,(H,26,35)(H,29,30). The SMILES string of the molecule is CC(C)(C)OC(=O)NCCCCn1cc(Nc2cnc3nnn(-c4ccc(CCBr)cc4)c3n2)cn1. The van der Waals surface area contributed by atoms with Gasteiger partial charge in [-0.25, -0.2) is 14.8 Å². The molecular weight excluding hydrogens is 526 g/mol. The Morgan fingerprint density at radius 1 is 1.14 bits per heavy atom. The van der Waals surface area contributed by atoms with Gasteiger partial charge in [-0.15, -0.1) is 5.10 Å². The lowest BCUT2D eigenvalue weighted by atomic mass is 10.1. The highest BCUT2D eigenvalue weighted by Gasteiger charge is 2.15. The maximum Gasteiger partial charge on any atom is 0.407 e. The Labute approximate surface area is 217 Å². The molecule has 36 heavy (non-hydrogen) atoms. The molecule has 0 atom stereocenters. The smallest absolute Gasteiger partial charge is 0.407 e. The van der Waals surface area contributed by atoms with Crippen LogP contribution in [-0.2, 0) is 17.7 Å². The number of unbranched alkanes of at least 4 members (excludes halogenated alkanes) is 1. The van der Waals surface area contributed by atoms with Crippen LogP contribution >= 0.6 is 15.9 Å². The third kappa shape index (κ3) is 7.00. The molecule has 1 amide bonds. The Hall–Kier alpha value is -3.54. The first-order chi connectivity index (χ1) is 17.3. The Balaban J connectivity index is 1.32. The van der Waals surface area contributed by atoms with Crippen LogP contribution in [0.15, 0.2) is 42.9 Å². The van der Waals surface area contributed by atoms with E-state index in [0.29, 0.717) is 23.7 Å². The van der Waals surface area contributed by atoms with E-state index in [1.807, 2.05) is 43.8 Å². The average Bonchev–Trinajstić information content (AvgIpc) is 3.45. The number of ether oxygens (including phenoxy) is 1. The summed E-state index contributed by atoms with van der Waals surface area (Å²) in [5.74, 6) is 0.572. The quantitative estimate of drug-likeness (QED) is 0.218.